The van der Waals surface area contributed by atoms with Crippen molar-refractivity contribution in [3.05, 3.63) is 30.4 Å². The van der Waals surface area contributed by atoms with Crippen LogP contribution in [0.3, 0.4) is 0 Å². The standard InChI is InChI=1S/C12H14N4O/c17-8-10-7-16(6-9-1-2-9)15-12(10)11-5-13-3-4-14-11/h3-5,7,9,17H,1-2,6,8H2. The Morgan fingerprint density at radius 1 is 1.35 bits per heavy atom. The number of hydrogen-bond acceptors (Lipinski definition) is 4. The zero-order chi connectivity index (χ0) is 11.7. The van der Waals surface area contributed by atoms with E-state index < -0.39 is 0 Å². The fourth-order valence-electron chi connectivity index (χ4n) is 1.87. The molecule has 1 aliphatic carbocycles. The lowest BCUT2D eigenvalue weighted by molar-refractivity contribution is 0.282. The molecule has 2 aromatic heterocycles. The highest BCUT2D eigenvalue weighted by molar-refractivity contribution is 5.56. The van der Waals surface area contributed by atoms with Crippen LogP contribution in [0.4, 0.5) is 0 Å². The third-order valence-electron chi connectivity index (χ3n) is 2.96. The second kappa shape index (κ2) is 4.25. The van der Waals surface area contributed by atoms with Gasteiger partial charge in [0, 0.05) is 30.7 Å². The van der Waals surface area contributed by atoms with Crippen molar-refractivity contribution >= 4 is 0 Å². The zero-order valence-corrected chi connectivity index (χ0v) is 9.45. The Kier molecular flexibility index (Phi) is 2.60. The molecule has 5 heteroatoms. The van der Waals surface area contributed by atoms with Gasteiger partial charge in [0.05, 0.1) is 12.8 Å². The van der Waals surface area contributed by atoms with Crippen molar-refractivity contribution in [2.45, 2.75) is 26.0 Å². The maximum absolute atomic E-state index is 9.34. The first kappa shape index (κ1) is 10.4. The van der Waals surface area contributed by atoms with Crippen molar-refractivity contribution in [3.8, 4) is 11.4 Å². The van der Waals surface area contributed by atoms with E-state index in [0.717, 1.165) is 23.7 Å². The topological polar surface area (TPSA) is 63.8 Å². The lowest BCUT2D eigenvalue weighted by Crippen LogP contribution is -2.00. The van der Waals surface area contributed by atoms with Gasteiger partial charge in [-0.25, -0.2) is 0 Å². The van der Waals surface area contributed by atoms with Gasteiger partial charge in [0.25, 0.3) is 0 Å². The number of hydrogen-bond donors (Lipinski definition) is 1. The number of aliphatic hydroxyl groups is 1. The number of aromatic nitrogens is 4. The first-order chi connectivity index (χ1) is 8.36. The SMILES string of the molecule is OCc1cn(CC2CC2)nc1-c1cnccn1. The van der Waals surface area contributed by atoms with Crippen molar-refractivity contribution < 1.29 is 5.11 Å². The molecule has 1 saturated carbocycles. The zero-order valence-electron chi connectivity index (χ0n) is 9.45. The predicted molar refractivity (Wildman–Crippen MR) is 61.9 cm³/mol. The van der Waals surface area contributed by atoms with Crippen LogP contribution in [0.1, 0.15) is 18.4 Å². The molecule has 0 spiro atoms. The molecular formula is C12H14N4O. The Labute approximate surface area is 99.1 Å². The molecule has 1 N–H and O–H groups in total. The molecule has 0 radical (unpaired) electrons. The second-order valence-corrected chi connectivity index (χ2v) is 4.42. The quantitative estimate of drug-likeness (QED) is 0.858. The first-order valence-electron chi connectivity index (χ1n) is 5.80. The fraction of sp³-hybridized carbons (Fsp3) is 0.417. The summed E-state index contributed by atoms with van der Waals surface area (Å²) >= 11 is 0. The van der Waals surface area contributed by atoms with Crippen molar-refractivity contribution in [2.75, 3.05) is 0 Å². The number of rotatable bonds is 4. The van der Waals surface area contributed by atoms with E-state index in [1.165, 1.54) is 12.8 Å². The molecule has 0 aliphatic heterocycles. The summed E-state index contributed by atoms with van der Waals surface area (Å²) in [5.41, 5.74) is 2.26. The van der Waals surface area contributed by atoms with Crippen LogP contribution in [0.15, 0.2) is 24.8 Å². The summed E-state index contributed by atoms with van der Waals surface area (Å²) in [6, 6.07) is 0. The fourth-order valence-corrected chi connectivity index (χ4v) is 1.87. The summed E-state index contributed by atoms with van der Waals surface area (Å²) in [5.74, 6) is 0.760. The Hall–Kier alpha value is -1.75. The number of nitrogens with zero attached hydrogens (tertiary/aromatic N) is 4. The van der Waals surface area contributed by atoms with Crippen molar-refractivity contribution in [1.82, 2.24) is 19.7 Å². The third kappa shape index (κ3) is 2.19. The van der Waals surface area contributed by atoms with Crippen LogP contribution in [0.25, 0.3) is 11.4 Å². The van der Waals surface area contributed by atoms with E-state index in [1.54, 1.807) is 18.6 Å². The van der Waals surface area contributed by atoms with E-state index in [4.69, 9.17) is 0 Å². The lowest BCUT2D eigenvalue weighted by Gasteiger charge is -1.98. The van der Waals surface area contributed by atoms with Crippen molar-refractivity contribution in [1.29, 1.82) is 0 Å². The second-order valence-electron chi connectivity index (χ2n) is 4.42. The van der Waals surface area contributed by atoms with Crippen LogP contribution in [0, 0.1) is 5.92 Å². The van der Waals surface area contributed by atoms with Gasteiger partial charge in [-0.15, -0.1) is 0 Å². The van der Waals surface area contributed by atoms with Gasteiger partial charge >= 0.3 is 0 Å². The molecule has 1 fully saturated rings. The molecule has 0 bridgehead atoms. The van der Waals surface area contributed by atoms with Gasteiger partial charge in [0.2, 0.25) is 0 Å². The van der Waals surface area contributed by atoms with Gasteiger partial charge in [-0.3, -0.25) is 14.6 Å². The molecular weight excluding hydrogens is 216 g/mol. The lowest BCUT2D eigenvalue weighted by atomic mass is 10.2. The van der Waals surface area contributed by atoms with Gasteiger partial charge in [-0.2, -0.15) is 5.10 Å². The molecule has 1 aliphatic rings. The molecule has 0 amide bonds. The predicted octanol–water partition coefficient (Wildman–Crippen LogP) is 1.24. The normalized spacial score (nSPS) is 15.1. The Bertz CT molecular complexity index is 504. The Morgan fingerprint density at radius 2 is 2.24 bits per heavy atom. The molecule has 2 aromatic rings. The smallest absolute Gasteiger partial charge is 0.118 e. The largest absolute Gasteiger partial charge is 0.392 e. The van der Waals surface area contributed by atoms with Gasteiger partial charge in [0.1, 0.15) is 11.4 Å². The summed E-state index contributed by atoms with van der Waals surface area (Å²) in [4.78, 5) is 8.24. The van der Waals surface area contributed by atoms with E-state index in [9.17, 15) is 5.11 Å². The molecule has 3 rings (SSSR count). The van der Waals surface area contributed by atoms with Crippen molar-refractivity contribution in [3.63, 3.8) is 0 Å². The summed E-state index contributed by atoms with van der Waals surface area (Å²) in [5, 5.41) is 13.8. The van der Waals surface area contributed by atoms with Crippen LogP contribution in [-0.4, -0.2) is 24.9 Å². The third-order valence-corrected chi connectivity index (χ3v) is 2.96. The highest BCUT2D eigenvalue weighted by atomic mass is 16.3. The van der Waals surface area contributed by atoms with Gasteiger partial charge in [-0.05, 0) is 18.8 Å². The van der Waals surface area contributed by atoms with Gasteiger partial charge < -0.3 is 5.11 Å². The summed E-state index contributed by atoms with van der Waals surface area (Å²) in [7, 11) is 0. The Morgan fingerprint density at radius 3 is 2.88 bits per heavy atom. The van der Waals surface area contributed by atoms with Crippen LogP contribution in [-0.2, 0) is 13.2 Å². The average molecular weight is 230 g/mol. The molecule has 0 unspecified atom stereocenters. The monoisotopic (exact) mass is 230 g/mol. The minimum atomic E-state index is -0.0173. The Balaban J connectivity index is 1.94. The van der Waals surface area contributed by atoms with Crippen LogP contribution in [0.5, 0.6) is 0 Å². The van der Waals surface area contributed by atoms with E-state index in [2.05, 4.69) is 15.1 Å². The average Bonchev–Trinajstić information content (AvgIpc) is 3.08. The van der Waals surface area contributed by atoms with E-state index in [0.29, 0.717) is 5.69 Å². The first-order valence-corrected chi connectivity index (χ1v) is 5.80. The minimum absolute atomic E-state index is 0.0173. The molecule has 0 saturated heterocycles. The summed E-state index contributed by atoms with van der Waals surface area (Å²) in [6.45, 7) is 0.920. The molecule has 5 nitrogen and oxygen atoms in total. The van der Waals surface area contributed by atoms with Gasteiger partial charge in [0.15, 0.2) is 0 Å². The number of aliphatic hydroxyl groups excluding tert-OH is 1. The molecule has 0 atom stereocenters. The molecule has 2 heterocycles. The van der Waals surface area contributed by atoms with Crippen molar-refractivity contribution in [2.24, 2.45) is 5.92 Å². The van der Waals surface area contributed by atoms with E-state index in [1.807, 2.05) is 10.9 Å². The molecule has 0 aromatic carbocycles. The van der Waals surface area contributed by atoms with E-state index >= 15 is 0 Å². The molecule has 88 valence electrons. The minimum Gasteiger partial charge on any atom is -0.392 e. The van der Waals surface area contributed by atoms with Crippen LogP contribution >= 0.6 is 0 Å². The highest BCUT2D eigenvalue weighted by Gasteiger charge is 2.23. The molecule has 17 heavy (non-hydrogen) atoms. The maximum atomic E-state index is 9.34. The summed E-state index contributed by atoms with van der Waals surface area (Å²) < 4.78 is 1.91. The van der Waals surface area contributed by atoms with E-state index in [-0.39, 0.29) is 6.61 Å². The van der Waals surface area contributed by atoms with Crippen LogP contribution in [0.2, 0.25) is 0 Å². The maximum Gasteiger partial charge on any atom is 0.118 e. The highest BCUT2D eigenvalue weighted by Crippen LogP contribution is 2.31. The summed E-state index contributed by atoms with van der Waals surface area (Å²) in [6.07, 6.45) is 9.41. The van der Waals surface area contributed by atoms with Gasteiger partial charge in [-0.1, -0.05) is 0 Å². The van der Waals surface area contributed by atoms with Crippen LogP contribution < -0.4 is 0 Å².